The fourth-order valence-corrected chi connectivity index (χ4v) is 5.13. The topological polar surface area (TPSA) is 86.8 Å². The quantitative estimate of drug-likeness (QED) is 0.313. The molecule has 0 unspecified atom stereocenters. The second-order valence-electron chi connectivity index (χ2n) is 9.42. The Bertz CT molecular complexity index is 1370. The van der Waals surface area contributed by atoms with Gasteiger partial charge in [0.25, 0.3) is 0 Å². The van der Waals surface area contributed by atoms with Crippen LogP contribution in [0.5, 0.6) is 0 Å². The molecule has 3 rings (SSSR count). The molecule has 0 saturated carbocycles. The van der Waals surface area contributed by atoms with Crippen LogP contribution in [0.3, 0.4) is 0 Å². The van der Waals surface area contributed by atoms with E-state index in [0.29, 0.717) is 6.42 Å². The van der Waals surface area contributed by atoms with Crippen LogP contribution in [0.4, 0.5) is 10.1 Å². The molecule has 2 atom stereocenters. The van der Waals surface area contributed by atoms with Crippen molar-refractivity contribution >= 4 is 43.5 Å². The highest BCUT2D eigenvalue weighted by Crippen LogP contribution is 2.22. The van der Waals surface area contributed by atoms with Crippen molar-refractivity contribution in [2.45, 2.75) is 45.3 Å². The van der Waals surface area contributed by atoms with Crippen LogP contribution in [0, 0.1) is 5.82 Å². The van der Waals surface area contributed by atoms with Gasteiger partial charge in [-0.25, -0.2) is 12.8 Å². The van der Waals surface area contributed by atoms with Crippen LogP contribution in [0.25, 0.3) is 0 Å². The summed E-state index contributed by atoms with van der Waals surface area (Å²) in [7, 11) is -3.96. The molecule has 3 aromatic carbocycles. The van der Waals surface area contributed by atoms with E-state index in [1.807, 2.05) is 68.4 Å². The molecule has 39 heavy (non-hydrogen) atoms. The number of nitrogens with zero attached hydrogens (tertiary/aromatic N) is 2. The van der Waals surface area contributed by atoms with Crippen LogP contribution in [-0.2, 0) is 32.6 Å². The zero-order chi connectivity index (χ0) is 28.6. The summed E-state index contributed by atoms with van der Waals surface area (Å²) in [4.78, 5) is 29.0. The molecular weight excluding hydrogens is 585 g/mol. The molecule has 2 amide bonds. The lowest BCUT2D eigenvalue weighted by molar-refractivity contribution is -0.140. The fraction of sp³-hybridized carbons (Fsp3) is 0.310. The normalized spacial score (nSPS) is 12.8. The Labute approximate surface area is 238 Å². The van der Waals surface area contributed by atoms with Crippen LogP contribution < -0.4 is 9.62 Å². The molecule has 0 radical (unpaired) electrons. The highest BCUT2D eigenvalue weighted by molar-refractivity contribution is 9.10. The zero-order valence-electron chi connectivity index (χ0n) is 22.2. The van der Waals surface area contributed by atoms with Gasteiger partial charge in [0.05, 0.1) is 11.9 Å². The third-order valence-corrected chi connectivity index (χ3v) is 7.98. The van der Waals surface area contributed by atoms with Crippen molar-refractivity contribution in [1.29, 1.82) is 0 Å². The molecular formula is C29H33BrFN3O4S. The molecule has 208 valence electrons. The van der Waals surface area contributed by atoms with Crippen molar-refractivity contribution in [3.8, 4) is 0 Å². The SMILES string of the molecule is CC[C@@H](C)NC(=O)[C@@H](Cc1ccccc1)N(Cc1ccc(Br)cc1)C(=O)CN(c1cccc(F)c1)S(C)(=O)=O. The number of amides is 2. The molecule has 0 saturated heterocycles. The highest BCUT2D eigenvalue weighted by Gasteiger charge is 2.33. The van der Waals surface area contributed by atoms with Gasteiger partial charge in [-0.2, -0.15) is 0 Å². The largest absolute Gasteiger partial charge is 0.352 e. The Hall–Kier alpha value is -3.24. The summed E-state index contributed by atoms with van der Waals surface area (Å²) >= 11 is 3.41. The smallest absolute Gasteiger partial charge is 0.244 e. The van der Waals surface area contributed by atoms with Crippen molar-refractivity contribution in [3.05, 3.63) is 100 Å². The van der Waals surface area contributed by atoms with E-state index in [1.54, 1.807) is 0 Å². The van der Waals surface area contributed by atoms with E-state index >= 15 is 0 Å². The molecule has 0 aromatic heterocycles. The van der Waals surface area contributed by atoms with Gasteiger partial charge in [0.2, 0.25) is 21.8 Å². The van der Waals surface area contributed by atoms with Crippen molar-refractivity contribution in [1.82, 2.24) is 10.2 Å². The molecule has 10 heteroatoms. The van der Waals surface area contributed by atoms with Crippen LogP contribution in [-0.4, -0.2) is 50.0 Å². The van der Waals surface area contributed by atoms with Crippen LogP contribution in [0.2, 0.25) is 0 Å². The number of carbonyl (C=O) groups excluding carboxylic acids is 2. The Kier molecular flexibility index (Phi) is 10.7. The summed E-state index contributed by atoms with van der Waals surface area (Å²) in [5.41, 5.74) is 1.64. The summed E-state index contributed by atoms with van der Waals surface area (Å²) in [6, 6.07) is 20.7. The Morgan fingerprint density at radius 3 is 2.23 bits per heavy atom. The number of benzene rings is 3. The zero-order valence-corrected chi connectivity index (χ0v) is 24.6. The van der Waals surface area contributed by atoms with Gasteiger partial charge >= 0.3 is 0 Å². The van der Waals surface area contributed by atoms with Crippen LogP contribution in [0.1, 0.15) is 31.4 Å². The average Bonchev–Trinajstić information content (AvgIpc) is 2.90. The van der Waals surface area contributed by atoms with Gasteiger partial charge in [0, 0.05) is 23.5 Å². The molecule has 0 bridgehead atoms. The first-order valence-corrected chi connectivity index (χ1v) is 15.2. The molecule has 3 aromatic rings. The standard InChI is InChI=1S/C29H33BrFN3O4S/c1-4-21(2)32-29(36)27(17-22-9-6-5-7-10-22)33(19-23-13-15-24(30)16-14-23)28(35)20-34(39(3,37)38)26-12-8-11-25(31)18-26/h5-16,18,21,27H,4,17,19-20H2,1-3H3,(H,32,36)/t21-,27-/m1/s1. The van der Waals surface area contributed by atoms with E-state index in [-0.39, 0.29) is 30.6 Å². The monoisotopic (exact) mass is 617 g/mol. The maximum absolute atomic E-state index is 14.0. The van der Waals surface area contributed by atoms with E-state index in [9.17, 15) is 22.4 Å². The number of carbonyl (C=O) groups is 2. The van der Waals surface area contributed by atoms with E-state index in [2.05, 4.69) is 21.2 Å². The molecule has 0 heterocycles. The lowest BCUT2D eigenvalue weighted by atomic mass is 10.0. The summed E-state index contributed by atoms with van der Waals surface area (Å²) in [6.07, 6.45) is 1.89. The Morgan fingerprint density at radius 1 is 0.974 bits per heavy atom. The predicted octanol–water partition coefficient (Wildman–Crippen LogP) is 4.91. The molecule has 0 spiro atoms. The van der Waals surface area contributed by atoms with Gasteiger partial charge in [-0.05, 0) is 54.8 Å². The Balaban J connectivity index is 2.05. The highest BCUT2D eigenvalue weighted by atomic mass is 79.9. The average molecular weight is 619 g/mol. The number of nitrogens with one attached hydrogen (secondary N) is 1. The Morgan fingerprint density at radius 2 is 1.64 bits per heavy atom. The van der Waals surface area contributed by atoms with Crippen molar-refractivity contribution in [2.24, 2.45) is 0 Å². The van der Waals surface area contributed by atoms with Crippen molar-refractivity contribution < 1.29 is 22.4 Å². The van der Waals surface area contributed by atoms with Gasteiger partial charge < -0.3 is 10.2 Å². The van der Waals surface area contributed by atoms with Crippen molar-refractivity contribution in [3.63, 3.8) is 0 Å². The van der Waals surface area contributed by atoms with Gasteiger partial charge in [0.15, 0.2) is 0 Å². The molecule has 0 aliphatic heterocycles. The predicted molar refractivity (Wildman–Crippen MR) is 155 cm³/mol. The fourth-order valence-electron chi connectivity index (χ4n) is 4.03. The molecule has 0 aliphatic rings. The van der Waals surface area contributed by atoms with Gasteiger partial charge in [0.1, 0.15) is 18.4 Å². The maximum atomic E-state index is 14.0. The first-order valence-electron chi connectivity index (χ1n) is 12.6. The molecule has 0 fully saturated rings. The lowest BCUT2D eigenvalue weighted by Gasteiger charge is -2.34. The second kappa shape index (κ2) is 13.7. The summed E-state index contributed by atoms with van der Waals surface area (Å²) < 4.78 is 41.2. The minimum atomic E-state index is -3.96. The lowest BCUT2D eigenvalue weighted by Crippen LogP contribution is -2.54. The van der Waals surface area contributed by atoms with E-state index in [0.717, 1.165) is 32.2 Å². The number of hydrogen-bond donors (Lipinski definition) is 1. The van der Waals surface area contributed by atoms with E-state index in [1.165, 1.54) is 23.1 Å². The number of halogens is 2. The minimum Gasteiger partial charge on any atom is -0.352 e. The maximum Gasteiger partial charge on any atom is 0.244 e. The summed E-state index contributed by atoms with van der Waals surface area (Å²) in [5, 5.41) is 2.98. The molecule has 7 nitrogen and oxygen atoms in total. The summed E-state index contributed by atoms with van der Waals surface area (Å²) in [6.45, 7) is 3.30. The number of rotatable bonds is 12. The number of hydrogen-bond acceptors (Lipinski definition) is 4. The molecule has 1 N–H and O–H groups in total. The first-order chi connectivity index (χ1) is 18.5. The van der Waals surface area contributed by atoms with E-state index in [4.69, 9.17) is 0 Å². The number of anilines is 1. The summed E-state index contributed by atoms with van der Waals surface area (Å²) in [5.74, 6) is -1.56. The third kappa shape index (κ3) is 8.90. The second-order valence-corrected chi connectivity index (χ2v) is 12.2. The third-order valence-electron chi connectivity index (χ3n) is 6.31. The first kappa shape index (κ1) is 30.3. The van der Waals surface area contributed by atoms with Crippen molar-refractivity contribution in [2.75, 3.05) is 17.1 Å². The van der Waals surface area contributed by atoms with Gasteiger partial charge in [-0.3, -0.25) is 13.9 Å². The van der Waals surface area contributed by atoms with Gasteiger partial charge in [-0.15, -0.1) is 0 Å². The minimum absolute atomic E-state index is 0.0260. The van der Waals surface area contributed by atoms with Crippen LogP contribution in [0.15, 0.2) is 83.3 Å². The number of sulfonamides is 1. The van der Waals surface area contributed by atoms with Gasteiger partial charge in [-0.1, -0.05) is 71.4 Å². The molecule has 0 aliphatic carbocycles. The van der Waals surface area contributed by atoms with Crippen LogP contribution >= 0.6 is 15.9 Å². The van der Waals surface area contributed by atoms with E-state index < -0.39 is 34.3 Å².